The lowest BCUT2D eigenvalue weighted by atomic mass is 10.0. The number of nitrogens with zero attached hydrogens (tertiary/aromatic N) is 2. The summed E-state index contributed by atoms with van der Waals surface area (Å²) in [6.07, 6.45) is 9.11. The molecule has 0 atom stereocenters. The van der Waals surface area contributed by atoms with Gasteiger partial charge in [-0.1, -0.05) is 135 Å². The molecule has 3 aromatic heterocycles. The van der Waals surface area contributed by atoms with Gasteiger partial charge >= 0.3 is 0 Å². The summed E-state index contributed by atoms with van der Waals surface area (Å²) in [5.74, 6) is 0. The van der Waals surface area contributed by atoms with Crippen molar-refractivity contribution in [2.24, 2.45) is 0 Å². The van der Waals surface area contributed by atoms with Crippen molar-refractivity contribution in [2.75, 3.05) is 5.32 Å². The molecule has 1 aliphatic carbocycles. The molecule has 60 heavy (non-hydrogen) atoms. The number of rotatable bonds is 6. The third kappa shape index (κ3) is 5.86. The molecule has 0 saturated carbocycles. The molecule has 0 saturated heterocycles. The first-order chi connectivity index (χ1) is 29.8. The van der Waals surface area contributed by atoms with Crippen molar-refractivity contribution in [1.82, 2.24) is 9.13 Å². The van der Waals surface area contributed by atoms with Gasteiger partial charge in [-0.2, -0.15) is 0 Å². The second kappa shape index (κ2) is 14.9. The van der Waals surface area contributed by atoms with Gasteiger partial charge in [0.05, 0.1) is 22.1 Å². The van der Waals surface area contributed by atoms with Gasteiger partial charge in [-0.25, -0.2) is 0 Å². The van der Waals surface area contributed by atoms with Gasteiger partial charge in [0.25, 0.3) is 0 Å². The van der Waals surface area contributed by atoms with E-state index in [1.807, 2.05) is 25.2 Å². The van der Waals surface area contributed by atoms with E-state index in [9.17, 15) is 0 Å². The Labute approximate surface area is 353 Å². The molecule has 4 heteroatoms. The number of anilines is 2. The van der Waals surface area contributed by atoms with Gasteiger partial charge < -0.3 is 14.5 Å². The highest BCUT2D eigenvalue weighted by atomic mass is 32.1. The molecule has 12 rings (SSSR count). The Hall–Kier alpha value is -7.14. The summed E-state index contributed by atoms with van der Waals surface area (Å²) >= 11 is 1.90. The first-order valence-corrected chi connectivity index (χ1v) is 21.9. The molecule has 1 aliphatic rings. The van der Waals surface area contributed by atoms with Gasteiger partial charge in [-0.15, -0.1) is 11.3 Å². The predicted octanol–water partition coefficient (Wildman–Crippen LogP) is 16.6. The second-order valence-corrected chi connectivity index (χ2v) is 16.3. The van der Waals surface area contributed by atoms with Gasteiger partial charge in [0, 0.05) is 70.0 Å². The first kappa shape index (κ1) is 36.0. The molecule has 1 N–H and O–H groups in total. The van der Waals surface area contributed by atoms with Crippen LogP contribution in [0.25, 0.3) is 97.4 Å². The van der Waals surface area contributed by atoms with Crippen molar-refractivity contribution >= 4 is 92.2 Å². The zero-order valence-electron chi connectivity index (χ0n) is 33.7. The van der Waals surface area contributed by atoms with Gasteiger partial charge in [-0.05, 0) is 102 Å². The molecule has 0 radical (unpaired) electrons. The molecule has 0 amide bonds. The second-order valence-electron chi connectivity index (χ2n) is 15.3. The Morgan fingerprint density at radius 1 is 0.483 bits per heavy atom. The average molecular weight is 790 g/mol. The summed E-state index contributed by atoms with van der Waals surface area (Å²) in [4.78, 5) is 0. The number of aromatic nitrogens is 2. The smallest absolute Gasteiger partial charge is 0.0555 e. The zero-order chi connectivity index (χ0) is 40.2. The van der Waals surface area contributed by atoms with Crippen molar-refractivity contribution in [1.29, 1.82) is 0 Å². The van der Waals surface area contributed by atoms with Crippen molar-refractivity contribution in [3.63, 3.8) is 0 Å². The minimum Gasteiger partial charge on any atom is -0.355 e. The van der Waals surface area contributed by atoms with Crippen LogP contribution in [-0.2, 0) is 0 Å². The molecule has 8 aromatic carbocycles. The molecule has 288 valence electrons. The Morgan fingerprint density at radius 3 is 2.05 bits per heavy atom. The highest BCUT2D eigenvalue weighted by Crippen LogP contribution is 2.45. The van der Waals surface area contributed by atoms with E-state index in [-0.39, 0.29) is 0 Å². The van der Waals surface area contributed by atoms with E-state index in [2.05, 4.69) is 209 Å². The predicted molar refractivity (Wildman–Crippen MR) is 261 cm³/mol. The quantitative estimate of drug-likeness (QED) is 0.178. The molecular formula is C56H43N3S. The van der Waals surface area contributed by atoms with Gasteiger partial charge in [0.1, 0.15) is 0 Å². The Balaban J connectivity index is 0.00000201. The van der Waals surface area contributed by atoms with Crippen molar-refractivity contribution in [3.05, 3.63) is 194 Å². The third-order valence-electron chi connectivity index (χ3n) is 11.9. The van der Waals surface area contributed by atoms with Crippen LogP contribution < -0.4 is 5.32 Å². The van der Waals surface area contributed by atoms with E-state index in [0.717, 1.165) is 24.2 Å². The summed E-state index contributed by atoms with van der Waals surface area (Å²) in [7, 11) is 0. The van der Waals surface area contributed by atoms with E-state index < -0.39 is 0 Å². The van der Waals surface area contributed by atoms with Crippen molar-refractivity contribution in [3.8, 4) is 27.9 Å². The Kier molecular flexibility index (Phi) is 8.94. The summed E-state index contributed by atoms with van der Waals surface area (Å²) < 4.78 is 7.54. The van der Waals surface area contributed by atoms with Crippen LogP contribution in [0.4, 0.5) is 11.4 Å². The number of hydrogen-bond acceptors (Lipinski definition) is 2. The van der Waals surface area contributed by atoms with Crippen LogP contribution >= 0.6 is 11.3 Å². The zero-order valence-corrected chi connectivity index (χ0v) is 34.5. The summed E-state index contributed by atoms with van der Waals surface area (Å²) in [5, 5.41) is 11.5. The topological polar surface area (TPSA) is 21.9 Å². The fourth-order valence-electron chi connectivity index (χ4n) is 9.28. The summed E-state index contributed by atoms with van der Waals surface area (Å²) in [6, 6.07) is 64.3. The van der Waals surface area contributed by atoms with Crippen molar-refractivity contribution in [2.45, 2.75) is 26.7 Å². The number of nitrogens with one attached hydrogen (secondary N) is 1. The minimum atomic E-state index is 1.07. The fourth-order valence-corrected chi connectivity index (χ4v) is 10.5. The number of para-hydroxylation sites is 3. The molecule has 0 bridgehead atoms. The van der Waals surface area contributed by atoms with Crippen LogP contribution in [0.3, 0.4) is 0 Å². The Morgan fingerprint density at radius 2 is 1.20 bits per heavy atom. The van der Waals surface area contributed by atoms with Crippen LogP contribution in [0.15, 0.2) is 194 Å². The number of benzene rings is 8. The maximum absolute atomic E-state index is 3.72. The van der Waals surface area contributed by atoms with Gasteiger partial charge in [-0.3, -0.25) is 0 Å². The molecule has 0 fully saturated rings. The van der Waals surface area contributed by atoms with Crippen LogP contribution in [0, 0.1) is 0 Å². The molecule has 0 spiro atoms. The maximum Gasteiger partial charge on any atom is 0.0555 e. The lowest BCUT2D eigenvalue weighted by Crippen LogP contribution is -1.97. The molecule has 3 heterocycles. The van der Waals surface area contributed by atoms with E-state index in [4.69, 9.17) is 0 Å². The lowest BCUT2D eigenvalue weighted by Gasteiger charge is -2.13. The summed E-state index contributed by atoms with van der Waals surface area (Å²) in [5.41, 5.74) is 14.3. The highest BCUT2D eigenvalue weighted by Gasteiger charge is 2.20. The minimum absolute atomic E-state index is 1.07. The van der Waals surface area contributed by atoms with Crippen LogP contribution in [0.5, 0.6) is 0 Å². The molecule has 0 aliphatic heterocycles. The van der Waals surface area contributed by atoms with Gasteiger partial charge in [0.2, 0.25) is 0 Å². The number of hydrogen-bond donors (Lipinski definition) is 1. The van der Waals surface area contributed by atoms with E-state index in [0.29, 0.717) is 0 Å². The average Bonchev–Trinajstić information content (AvgIpc) is 3.98. The van der Waals surface area contributed by atoms with Crippen LogP contribution in [0.1, 0.15) is 26.7 Å². The van der Waals surface area contributed by atoms with E-state index in [1.165, 1.54) is 97.4 Å². The van der Waals surface area contributed by atoms with E-state index in [1.54, 1.807) is 0 Å². The lowest BCUT2D eigenvalue weighted by molar-refractivity contribution is 1.02. The SMILES string of the molecule is C1=CC(n2c3ccccc3c3cc(-n4c5ccccc5c5c6sc7ccc(-c8cccc(Nc9ccccc9-c9ccccc9)c8)cc7c6ccc54)ccc32)=CCC1.CC. The highest BCUT2D eigenvalue weighted by molar-refractivity contribution is 7.26. The third-order valence-corrected chi connectivity index (χ3v) is 13.1. The largest absolute Gasteiger partial charge is 0.355 e. The first-order valence-electron chi connectivity index (χ1n) is 21.1. The maximum atomic E-state index is 3.72. The molecule has 0 unspecified atom stereocenters. The number of thiophene rings is 1. The number of fused-ring (bicyclic) bond motifs is 10. The summed E-state index contributed by atoms with van der Waals surface area (Å²) in [6.45, 7) is 4.00. The molecular weight excluding hydrogens is 747 g/mol. The number of allylic oxidation sites excluding steroid dienone is 4. The van der Waals surface area contributed by atoms with Crippen molar-refractivity contribution < 1.29 is 0 Å². The molecule has 11 aromatic rings. The monoisotopic (exact) mass is 789 g/mol. The van der Waals surface area contributed by atoms with Crippen LogP contribution in [0.2, 0.25) is 0 Å². The fraction of sp³-hybridized carbons (Fsp3) is 0.0714. The molecule has 3 nitrogen and oxygen atoms in total. The standard InChI is InChI=1S/C54H37N3S.C2H6/c1-3-14-35(15-4-1)41-20-7-10-23-47(41)55-38-17-13-16-36(32-38)37-26-31-52-46(33-37)43-28-30-51-53(54(43)58-52)44-22-9-12-25-49(44)57(51)40-27-29-50-45(34-40)42-21-8-11-24-48(42)56(50)39-18-5-2-6-19-39;1-2/h1,3-5,7-34,55H,2,6H2;1-2H3. The van der Waals surface area contributed by atoms with Gasteiger partial charge in [0.15, 0.2) is 0 Å². The normalized spacial score (nSPS) is 12.7. The Bertz CT molecular complexity index is 3480. The van der Waals surface area contributed by atoms with Crippen LogP contribution in [-0.4, -0.2) is 9.13 Å². The van der Waals surface area contributed by atoms with E-state index >= 15 is 0 Å².